The molecule has 2 aromatic rings. The van der Waals surface area contributed by atoms with Crippen LogP contribution in [-0.4, -0.2) is 16.7 Å². The Balaban J connectivity index is 2.48. The predicted molar refractivity (Wildman–Crippen MR) is 72.3 cm³/mol. The zero-order valence-corrected chi connectivity index (χ0v) is 11.2. The number of aromatic nitrogens is 1. The summed E-state index contributed by atoms with van der Waals surface area (Å²) < 4.78 is 1.14. The maximum atomic E-state index is 9.06. The fraction of sp³-hybridized carbons (Fsp3) is 0.462. The molecule has 0 saturated heterocycles. The Morgan fingerprint density at radius 3 is 2.71 bits per heavy atom. The van der Waals surface area contributed by atoms with Gasteiger partial charge in [0.25, 0.3) is 0 Å². The Morgan fingerprint density at radius 2 is 2.12 bits per heavy atom. The summed E-state index contributed by atoms with van der Waals surface area (Å²) >= 11 is 1.70. The van der Waals surface area contributed by atoms with Gasteiger partial charge in [0.2, 0.25) is 0 Å². The van der Waals surface area contributed by atoms with E-state index in [0.717, 1.165) is 20.8 Å². The maximum absolute atomic E-state index is 9.06. The summed E-state index contributed by atoms with van der Waals surface area (Å²) in [6.07, 6.45) is 0. The maximum Gasteiger partial charge on any atom is 0.0992 e. The first-order valence-corrected chi connectivity index (χ1v) is 6.51. The number of benzene rings is 1. The van der Waals surface area contributed by atoms with Crippen LogP contribution in [0.15, 0.2) is 18.2 Å². The Morgan fingerprint density at radius 1 is 1.41 bits per heavy atom. The van der Waals surface area contributed by atoms with Crippen molar-refractivity contribution in [2.45, 2.75) is 32.2 Å². The third kappa shape index (κ3) is 2.49. The number of nitrogens with zero attached hydrogens (tertiary/aromatic N) is 1. The van der Waals surface area contributed by atoms with Gasteiger partial charge in [-0.2, -0.15) is 0 Å². The summed E-state index contributed by atoms with van der Waals surface area (Å²) in [5, 5.41) is 10.2. The van der Waals surface area contributed by atoms with Crippen LogP contribution in [0, 0.1) is 0 Å². The number of rotatable bonds is 2. The molecular weight excluding hydrogens is 232 g/mol. The van der Waals surface area contributed by atoms with Crippen LogP contribution in [0.5, 0.6) is 0 Å². The highest BCUT2D eigenvalue weighted by Gasteiger charge is 2.19. The van der Waals surface area contributed by atoms with E-state index in [4.69, 9.17) is 10.8 Å². The minimum Gasteiger partial charge on any atom is -0.394 e. The van der Waals surface area contributed by atoms with E-state index < -0.39 is 0 Å². The van der Waals surface area contributed by atoms with Gasteiger partial charge < -0.3 is 10.8 Å². The van der Waals surface area contributed by atoms with Crippen molar-refractivity contribution in [3.05, 3.63) is 28.8 Å². The molecule has 1 unspecified atom stereocenters. The molecule has 1 aromatic heterocycles. The van der Waals surface area contributed by atoms with E-state index in [9.17, 15) is 0 Å². The van der Waals surface area contributed by atoms with Gasteiger partial charge in [-0.1, -0.05) is 26.8 Å². The van der Waals surface area contributed by atoms with Gasteiger partial charge in [-0.15, -0.1) is 11.3 Å². The van der Waals surface area contributed by atoms with Crippen molar-refractivity contribution in [3.63, 3.8) is 0 Å². The molecule has 0 aliphatic carbocycles. The number of thiazole rings is 1. The van der Waals surface area contributed by atoms with Crippen molar-refractivity contribution in [1.29, 1.82) is 0 Å². The molecular formula is C13H18N2OS. The summed E-state index contributed by atoms with van der Waals surface area (Å²) in [5.74, 6) is 0. The normalized spacial score (nSPS) is 14.2. The molecule has 3 nitrogen and oxygen atoms in total. The molecule has 1 aromatic carbocycles. The fourth-order valence-electron chi connectivity index (χ4n) is 1.60. The Kier molecular flexibility index (Phi) is 3.21. The number of hydrogen-bond acceptors (Lipinski definition) is 4. The lowest BCUT2D eigenvalue weighted by atomic mass is 9.98. The predicted octanol–water partition coefficient (Wildman–Crippen LogP) is 2.59. The fourth-order valence-corrected chi connectivity index (χ4v) is 2.67. The van der Waals surface area contributed by atoms with Crippen molar-refractivity contribution < 1.29 is 5.11 Å². The number of aliphatic hydroxyl groups excluding tert-OH is 1. The molecule has 1 atom stereocenters. The molecule has 0 aliphatic heterocycles. The second kappa shape index (κ2) is 4.37. The molecule has 2 rings (SSSR count). The second-order valence-corrected chi connectivity index (χ2v) is 6.32. The molecule has 4 heteroatoms. The smallest absolute Gasteiger partial charge is 0.0992 e. The van der Waals surface area contributed by atoms with Gasteiger partial charge in [0.15, 0.2) is 0 Å². The van der Waals surface area contributed by atoms with Gasteiger partial charge in [-0.3, -0.25) is 0 Å². The third-order valence-electron chi connectivity index (χ3n) is 2.68. The van der Waals surface area contributed by atoms with Crippen LogP contribution < -0.4 is 5.73 Å². The zero-order valence-electron chi connectivity index (χ0n) is 10.4. The van der Waals surface area contributed by atoms with E-state index in [1.165, 1.54) is 0 Å². The van der Waals surface area contributed by atoms with Gasteiger partial charge in [-0.05, 0) is 17.7 Å². The SMILES string of the molecule is CC(C)(C)c1nc2ccc(C(N)CO)cc2s1. The van der Waals surface area contributed by atoms with Gasteiger partial charge in [0.05, 0.1) is 27.9 Å². The Bertz CT molecular complexity index is 528. The third-order valence-corrected chi connectivity index (χ3v) is 4.12. The van der Waals surface area contributed by atoms with Crippen molar-refractivity contribution in [2.75, 3.05) is 6.61 Å². The minimum absolute atomic E-state index is 0.0313. The molecule has 92 valence electrons. The summed E-state index contributed by atoms with van der Waals surface area (Å²) in [4.78, 5) is 4.63. The van der Waals surface area contributed by atoms with E-state index >= 15 is 0 Å². The highest BCUT2D eigenvalue weighted by atomic mass is 32.1. The van der Waals surface area contributed by atoms with Crippen LogP contribution >= 0.6 is 11.3 Å². The first-order valence-electron chi connectivity index (χ1n) is 5.69. The first kappa shape index (κ1) is 12.5. The van der Waals surface area contributed by atoms with E-state index in [0.29, 0.717) is 0 Å². The minimum atomic E-state index is -0.306. The first-order chi connectivity index (χ1) is 7.91. The molecule has 0 saturated carbocycles. The molecule has 3 N–H and O–H groups in total. The molecule has 0 amide bonds. The summed E-state index contributed by atoms with van der Waals surface area (Å²) in [5.41, 5.74) is 7.85. The number of nitrogens with two attached hydrogens (primary N) is 1. The van der Waals surface area contributed by atoms with Gasteiger partial charge in [0.1, 0.15) is 0 Å². The van der Waals surface area contributed by atoms with Crippen molar-refractivity contribution in [2.24, 2.45) is 5.73 Å². The summed E-state index contributed by atoms with van der Waals surface area (Å²) in [6, 6.07) is 5.64. The molecule has 0 aliphatic rings. The van der Waals surface area contributed by atoms with Gasteiger partial charge in [-0.25, -0.2) is 4.98 Å². The summed E-state index contributed by atoms with van der Waals surface area (Å²) in [6.45, 7) is 6.44. The van der Waals surface area contributed by atoms with Crippen molar-refractivity contribution >= 4 is 21.6 Å². The topological polar surface area (TPSA) is 59.1 Å². The molecule has 17 heavy (non-hydrogen) atoms. The van der Waals surface area contributed by atoms with E-state index in [1.54, 1.807) is 11.3 Å². The molecule has 0 radical (unpaired) electrons. The Labute approximate surface area is 105 Å². The largest absolute Gasteiger partial charge is 0.394 e. The van der Waals surface area contributed by atoms with Crippen molar-refractivity contribution in [3.8, 4) is 0 Å². The number of aliphatic hydroxyl groups is 1. The molecule has 0 spiro atoms. The van der Waals surface area contributed by atoms with Gasteiger partial charge in [0, 0.05) is 5.41 Å². The summed E-state index contributed by atoms with van der Waals surface area (Å²) in [7, 11) is 0. The molecule has 1 heterocycles. The molecule has 0 bridgehead atoms. The number of hydrogen-bond donors (Lipinski definition) is 2. The van der Waals surface area contributed by atoms with Gasteiger partial charge >= 0.3 is 0 Å². The van der Waals surface area contributed by atoms with E-state index in [-0.39, 0.29) is 18.1 Å². The van der Waals surface area contributed by atoms with E-state index in [2.05, 4.69) is 25.8 Å². The van der Waals surface area contributed by atoms with Crippen LogP contribution in [0.3, 0.4) is 0 Å². The average Bonchev–Trinajstić information content (AvgIpc) is 2.70. The Hall–Kier alpha value is -0.970. The highest BCUT2D eigenvalue weighted by Crippen LogP contribution is 2.32. The number of fused-ring (bicyclic) bond motifs is 1. The lowest BCUT2D eigenvalue weighted by Gasteiger charge is -2.13. The zero-order chi connectivity index (χ0) is 12.6. The average molecular weight is 250 g/mol. The second-order valence-electron chi connectivity index (χ2n) is 5.29. The molecule has 0 fully saturated rings. The van der Waals surface area contributed by atoms with Crippen LogP contribution in [0.4, 0.5) is 0 Å². The standard InChI is InChI=1S/C13H18N2OS/c1-13(2,3)12-15-10-5-4-8(9(14)7-16)6-11(10)17-12/h4-6,9,16H,7,14H2,1-3H3. The van der Waals surface area contributed by atoms with Crippen LogP contribution in [-0.2, 0) is 5.41 Å². The lowest BCUT2D eigenvalue weighted by molar-refractivity contribution is 0.268. The van der Waals surface area contributed by atoms with E-state index in [1.807, 2.05) is 18.2 Å². The van der Waals surface area contributed by atoms with Crippen LogP contribution in [0.2, 0.25) is 0 Å². The van der Waals surface area contributed by atoms with Crippen LogP contribution in [0.1, 0.15) is 37.4 Å². The monoisotopic (exact) mass is 250 g/mol. The quantitative estimate of drug-likeness (QED) is 0.861. The highest BCUT2D eigenvalue weighted by molar-refractivity contribution is 7.18. The van der Waals surface area contributed by atoms with Crippen LogP contribution in [0.25, 0.3) is 10.2 Å². The van der Waals surface area contributed by atoms with Crippen molar-refractivity contribution in [1.82, 2.24) is 4.98 Å². The lowest BCUT2D eigenvalue weighted by Crippen LogP contribution is -2.13.